The number of thiophene rings is 1. The van der Waals surface area contributed by atoms with Gasteiger partial charge in [0.25, 0.3) is 0 Å². The third-order valence-electron chi connectivity index (χ3n) is 2.50. The van der Waals surface area contributed by atoms with Gasteiger partial charge >= 0.3 is 0 Å². The van der Waals surface area contributed by atoms with Crippen LogP contribution in [0.4, 0.5) is 11.8 Å². The largest absolute Gasteiger partial charge is 0.365 e. The highest BCUT2D eigenvalue weighted by Crippen LogP contribution is 2.18. The van der Waals surface area contributed by atoms with E-state index in [1.807, 2.05) is 24.3 Å². The minimum absolute atomic E-state index is 0.669. The minimum atomic E-state index is 0.669. The molecule has 2 aromatic heterocycles. The van der Waals surface area contributed by atoms with Crippen molar-refractivity contribution in [2.24, 2.45) is 0 Å². The van der Waals surface area contributed by atoms with E-state index in [0.717, 1.165) is 25.3 Å². The van der Waals surface area contributed by atoms with Crippen molar-refractivity contribution >= 4 is 23.1 Å². The third kappa shape index (κ3) is 3.43. The topological polar surface area (TPSA) is 49.8 Å². The lowest BCUT2D eigenvalue weighted by atomic mass is 10.3. The fraction of sp³-hybridized carbons (Fsp3) is 0.385. The van der Waals surface area contributed by atoms with Crippen LogP contribution in [0.25, 0.3) is 0 Å². The molecule has 96 valence electrons. The van der Waals surface area contributed by atoms with Gasteiger partial charge in [0.2, 0.25) is 5.95 Å². The van der Waals surface area contributed by atoms with Gasteiger partial charge in [-0.05, 0) is 31.5 Å². The molecule has 0 fully saturated rings. The van der Waals surface area contributed by atoms with E-state index >= 15 is 0 Å². The lowest BCUT2D eigenvalue weighted by Gasteiger charge is -2.06. The first-order valence-corrected chi connectivity index (χ1v) is 7.01. The van der Waals surface area contributed by atoms with Crippen LogP contribution in [0.5, 0.6) is 0 Å². The molecule has 0 aliphatic rings. The molecule has 0 amide bonds. The molecule has 2 aromatic rings. The van der Waals surface area contributed by atoms with Gasteiger partial charge in [-0.2, -0.15) is 4.98 Å². The van der Waals surface area contributed by atoms with Crippen LogP contribution < -0.4 is 10.6 Å². The molecule has 0 aromatic carbocycles. The average molecular weight is 262 g/mol. The van der Waals surface area contributed by atoms with Crippen molar-refractivity contribution in [2.75, 3.05) is 17.2 Å². The summed E-state index contributed by atoms with van der Waals surface area (Å²) in [5.41, 5.74) is 0. The Labute approximate surface area is 111 Å². The van der Waals surface area contributed by atoms with E-state index in [0.29, 0.717) is 5.95 Å². The molecule has 0 atom stereocenters. The zero-order valence-corrected chi connectivity index (χ0v) is 11.5. The Bertz CT molecular complexity index is 495. The van der Waals surface area contributed by atoms with Crippen molar-refractivity contribution in [3.05, 3.63) is 34.2 Å². The summed E-state index contributed by atoms with van der Waals surface area (Å²) in [5.74, 6) is 1.52. The summed E-state index contributed by atoms with van der Waals surface area (Å²) in [6.45, 7) is 5.85. The van der Waals surface area contributed by atoms with E-state index < -0.39 is 0 Å². The lowest BCUT2D eigenvalue weighted by molar-refractivity contribution is 1.06. The van der Waals surface area contributed by atoms with Crippen LogP contribution in [0.1, 0.15) is 23.6 Å². The van der Waals surface area contributed by atoms with E-state index in [2.05, 4.69) is 39.7 Å². The number of hydrogen-bond donors (Lipinski definition) is 2. The zero-order valence-electron chi connectivity index (χ0n) is 10.7. The molecule has 4 nitrogen and oxygen atoms in total. The lowest BCUT2D eigenvalue weighted by Crippen LogP contribution is -2.05. The average Bonchev–Trinajstić information content (AvgIpc) is 2.85. The maximum absolute atomic E-state index is 4.38. The van der Waals surface area contributed by atoms with Gasteiger partial charge < -0.3 is 10.6 Å². The maximum atomic E-state index is 4.38. The molecular formula is C13H18N4S. The number of rotatable bonds is 6. The Morgan fingerprint density at radius 2 is 1.94 bits per heavy atom. The molecule has 0 saturated carbocycles. The summed E-state index contributed by atoms with van der Waals surface area (Å²) in [7, 11) is 0. The number of nitrogens with zero attached hydrogens (tertiary/aromatic N) is 2. The second kappa shape index (κ2) is 6.35. The second-order valence-corrected chi connectivity index (χ2v) is 5.12. The van der Waals surface area contributed by atoms with Gasteiger partial charge in [0.05, 0.1) is 6.54 Å². The van der Waals surface area contributed by atoms with Crippen molar-refractivity contribution in [2.45, 2.75) is 26.8 Å². The van der Waals surface area contributed by atoms with Crippen LogP contribution in [0.2, 0.25) is 0 Å². The number of aromatic nitrogens is 2. The van der Waals surface area contributed by atoms with Crippen LogP contribution in [-0.2, 0) is 13.0 Å². The Balaban J connectivity index is 1.94. The normalized spacial score (nSPS) is 10.3. The van der Waals surface area contributed by atoms with Gasteiger partial charge in [0.15, 0.2) is 0 Å². The smallest absolute Gasteiger partial charge is 0.224 e. The summed E-state index contributed by atoms with van der Waals surface area (Å²) in [5, 5.41) is 6.42. The molecule has 0 spiro atoms. The van der Waals surface area contributed by atoms with Crippen LogP contribution in [-0.4, -0.2) is 16.5 Å². The molecule has 0 bridgehead atoms. The van der Waals surface area contributed by atoms with Crippen molar-refractivity contribution in [1.82, 2.24) is 9.97 Å². The minimum Gasteiger partial charge on any atom is -0.365 e. The van der Waals surface area contributed by atoms with Gasteiger partial charge in [-0.3, -0.25) is 0 Å². The molecule has 2 N–H and O–H groups in total. The molecule has 18 heavy (non-hydrogen) atoms. The van der Waals surface area contributed by atoms with Crippen molar-refractivity contribution < 1.29 is 0 Å². The fourth-order valence-electron chi connectivity index (χ4n) is 1.59. The second-order valence-electron chi connectivity index (χ2n) is 3.87. The standard InChI is InChI=1S/C13H18N4S/c1-3-10-5-6-11(18-10)9-16-12-7-8-15-13(17-12)14-4-2/h5-8H,3-4,9H2,1-2H3,(H2,14,15,16,17). The number of hydrogen-bond acceptors (Lipinski definition) is 5. The number of nitrogens with one attached hydrogen (secondary N) is 2. The predicted octanol–water partition coefficient (Wildman–Crippen LogP) is 3.14. The molecule has 0 unspecified atom stereocenters. The van der Waals surface area contributed by atoms with E-state index in [9.17, 15) is 0 Å². The van der Waals surface area contributed by atoms with E-state index in [4.69, 9.17) is 0 Å². The molecule has 5 heteroatoms. The Kier molecular flexibility index (Phi) is 4.52. The van der Waals surface area contributed by atoms with Crippen molar-refractivity contribution in [3.63, 3.8) is 0 Å². The van der Waals surface area contributed by atoms with E-state index in [-0.39, 0.29) is 0 Å². The van der Waals surface area contributed by atoms with Crippen molar-refractivity contribution in [3.8, 4) is 0 Å². The Hall–Kier alpha value is -1.62. The molecule has 0 aliphatic heterocycles. The fourth-order valence-corrected chi connectivity index (χ4v) is 2.48. The summed E-state index contributed by atoms with van der Waals surface area (Å²) in [6, 6.07) is 6.24. The maximum Gasteiger partial charge on any atom is 0.224 e. The monoisotopic (exact) mass is 262 g/mol. The highest BCUT2D eigenvalue weighted by molar-refractivity contribution is 7.12. The van der Waals surface area contributed by atoms with Crippen LogP contribution in [0.3, 0.4) is 0 Å². The Morgan fingerprint density at radius 1 is 1.11 bits per heavy atom. The van der Waals surface area contributed by atoms with Gasteiger partial charge in [-0.25, -0.2) is 4.98 Å². The Morgan fingerprint density at radius 3 is 2.67 bits per heavy atom. The summed E-state index contributed by atoms with van der Waals surface area (Å²) in [6.07, 6.45) is 2.86. The van der Waals surface area contributed by atoms with Crippen LogP contribution in [0, 0.1) is 0 Å². The first-order valence-electron chi connectivity index (χ1n) is 6.20. The summed E-state index contributed by atoms with van der Waals surface area (Å²) in [4.78, 5) is 11.3. The van der Waals surface area contributed by atoms with Crippen LogP contribution in [0.15, 0.2) is 24.4 Å². The third-order valence-corrected chi connectivity index (χ3v) is 3.73. The first-order chi connectivity index (χ1) is 8.81. The summed E-state index contributed by atoms with van der Waals surface area (Å²) < 4.78 is 0. The van der Waals surface area contributed by atoms with Gasteiger partial charge in [0, 0.05) is 22.5 Å². The highest BCUT2D eigenvalue weighted by Gasteiger charge is 2.00. The molecule has 2 rings (SSSR count). The number of anilines is 2. The van der Waals surface area contributed by atoms with Crippen molar-refractivity contribution in [1.29, 1.82) is 0 Å². The van der Waals surface area contributed by atoms with Gasteiger partial charge in [-0.1, -0.05) is 6.92 Å². The first kappa shape index (κ1) is 12.8. The van der Waals surface area contributed by atoms with E-state index in [1.165, 1.54) is 9.75 Å². The highest BCUT2D eigenvalue weighted by atomic mass is 32.1. The quantitative estimate of drug-likeness (QED) is 0.839. The molecular weight excluding hydrogens is 244 g/mol. The summed E-state index contributed by atoms with van der Waals surface area (Å²) >= 11 is 1.85. The molecule has 0 aliphatic carbocycles. The van der Waals surface area contributed by atoms with Gasteiger partial charge in [-0.15, -0.1) is 11.3 Å². The molecule has 2 heterocycles. The van der Waals surface area contributed by atoms with Gasteiger partial charge in [0.1, 0.15) is 5.82 Å². The molecule has 0 radical (unpaired) electrons. The molecule has 0 saturated heterocycles. The number of aryl methyl sites for hydroxylation is 1. The predicted molar refractivity (Wildman–Crippen MR) is 77.2 cm³/mol. The van der Waals surface area contributed by atoms with E-state index in [1.54, 1.807) is 6.20 Å². The SMILES string of the molecule is CCNc1nccc(NCc2ccc(CC)s2)n1. The van der Waals surface area contributed by atoms with Crippen LogP contribution >= 0.6 is 11.3 Å². The zero-order chi connectivity index (χ0) is 12.8.